The molecular weight excluding hydrogens is 296 g/mol. The van der Waals surface area contributed by atoms with Gasteiger partial charge in [-0.15, -0.1) is 0 Å². The third kappa shape index (κ3) is 32.9. The number of rotatable bonds is 0. The number of hydrogen-bond acceptors (Lipinski definition) is 2. The molecule has 2 fully saturated rings. The Balaban J connectivity index is -0.000000202. The molecular formula is C18H26O2Ti. The molecule has 21 heavy (non-hydrogen) atoms. The van der Waals surface area contributed by atoms with Crippen molar-refractivity contribution in [3.05, 3.63) is 87.9 Å². The Morgan fingerprint density at radius 2 is 0.619 bits per heavy atom. The summed E-state index contributed by atoms with van der Waals surface area (Å²) in [4.78, 5) is 0. The van der Waals surface area contributed by atoms with E-state index in [0.29, 0.717) is 0 Å². The predicted molar refractivity (Wildman–Crippen MR) is 87.1 cm³/mol. The monoisotopic (exact) mass is 322 g/mol. The van der Waals surface area contributed by atoms with Crippen molar-refractivity contribution in [2.24, 2.45) is 0 Å². The summed E-state index contributed by atoms with van der Waals surface area (Å²) in [6, 6.07) is 0. The summed E-state index contributed by atoms with van der Waals surface area (Å²) in [7, 11) is 0. The van der Waals surface area contributed by atoms with Crippen LogP contribution in [0.15, 0.2) is 23.7 Å². The Labute approximate surface area is 147 Å². The first-order valence-corrected chi connectivity index (χ1v) is 6.43. The maximum Gasteiger partial charge on any atom is 0.0778 e. The zero-order chi connectivity index (χ0) is 15.6. The van der Waals surface area contributed by atoms with E-state index in [9.17, 15) is 0 Å². The van der Waals surface area contributed by atoms with Crippen molar-refractivity contribution in [1.82, 2.24) is 0 Å². The van der Waals surface area contributed by atoms with E-state index in [1.54, 1.807) is 0 Å². The SMILES string of the molecule is CC(C)=CO.CC(C)=CO.[CH]1[CH][CH][CH][CH]1.[CH]1[CH][CH][CH][CH]1.[Ti]. The largest absolute Gasteiger partial charge is 0.516 e. The molecule has 0 aliphatic heterocycles. The maximum absolute atomic E-state index is 7.98. The number of aliphatic hydroxyl groups excluding tert-OH is 2. The summed E-state index contributed by atoms with van der Waals surface area (Å²) in [5.74, 6) is 0. The van der Waals surface area contributed by atoms with E-state index in [4.69, 9.17) is 10.2 Å². The van der Waals surface area contributed by atoms with E-state index in [0.717, 1.165) is 23.7 Å². The maximum atomic E-state index is 7.98. The average Bonchev–Trinajstić information content (AvgIpc) is 3.16. The smallest absolute Gasteiger partial charge is 0.0778 e. The van der Waals surface area contributed by atoms with Gasteiger partial charge in [0.2, 0.25) is 0 Å². The van der Waals surface area contributed by atoms with Crippen molar-refractivity contribution >= 4 is 0 Å². The van der Waals surface area contributed by atoms with E-state index in [-0.39, 0.29) is 21.7 Å². The van der Waals surface area contributed by atoms with Gasteiger partial charge in [-0.3, -0.25) is 0 Å². The quantitative estimate of drug-likeness (QED) is 0.488. The summed E-state index contributed by atoms with van der Waals surface area (Å²) in [6.45, 7) is 7.33. The molecule has 0 aromatic rings. The van der Waals surface area contributed by atoms with Crippen molar-refractivity contribution < 1.29 is 31.9 Å². The summed E-state index contributed by atoms with van der Waals surface area (Å²) in [5, 5.41) is 16.0. The van der Waals surface area contributed by atoms with Gasteiger partial charge in [-0.1, -0.05) is 0 Å². The van der Waals surface area contributed by atoms with E-state index in [1.807, 2.05) is 91.9 Å². The van der Waals surface area contributed by atoms with Gasteiger partial charge in [-0.05, 0) is 103 Å². The topological polar surface area (TPSA) is 40.5 Å². The van der Waals surface area contributed by atoms with Crippen LogP contribution < -0.4 is 0 Å². The molecule has 0 saturated heterocycles. The van der Waals surface area contributed by atoms with Crippen molar-refractivity contribution in [1.29, 1.82) is 0 Å². The number of aliphatic hydroxyl groups is 2. The van der Waals surface area contributed by atoms with E-state index < -0.39 is 0 Å². The van der Waals surface area contributed by atoms with Crippen LogP contribution in [0, 0.1) is 64.2 Å². The van der Waals surface area contributed by atoms with Crippen LogP contribution in [-0.4, -0.2) is 10.2 Å². The fourth-order valence-corrected chi connectivity index (χ4v) is 0.642. The minimum Gasteiger partial charge on any atom is -0.516 e. The first-order chi connectivity index (χ1) is 9.54. The van der Waals surface area contributed by atoms with E-state index in [2.05, 4.69) is 0 Å². The van der Waals surface area contributed by atoms with Crippen molar-refractivity contribution in [3.63, 3.8) is 0 Å². The Morgan fingerprint density at radius 3 is 0.667 bits per heavy atom. The zero-order valence-corrected chi connectivity index (χ0v) is 14.9. The fraction of sp³-hybridized carbons (Fsp3) is 0.222. The van der Waals surface area contributed by atoms with Crippen LogP contribution in [0.5, 0.6) is 0 Å². The summed E-state index contributed by atoms with van der Waals surface area (Å²) < 4.78 is 0. The third-order valence-corrected chi connectivity index (χ3v) is 1.63. The molecule has 2 aliphatic rings. The minimum absolute atomic E-state index is 0. The summed E-state index contributed by atoms with van der Waals surface area (Å²) >= 11 is 0. The molecule has 0 atom stereocenters. The predicted octanol–water partition coefficient (Wildman–Crippen LogP) is 4.98. The molecule has 0 aromatic heterocycles. The molecule has 10 radical (unpaired) electrons. The molecule has 2 nitrogen and oxygen atoms in total. The van der Waals surface area contributed by atoms with E-state index >= 15 is 0 Å². The fourth-order valence-electron chi connectivity index (χ4n) is 0.642. The molecule has 0 aromatic carbocycles. The van der Waals surface area contributed by atoms with Crippen LogP contribution in [-0.2, 0) is 21.7 Å². The van der Waals surface area contributed by atoms with Crippen LogP contribution in [0.4, 0.5) is 0 Å². The Bertz CT molecular complexity index is 190. The first-order valence-electron chi connectivity index (χ1n) is 6.43. The molecule has 2 rings (SSSR count). The Hall–Kier alpha value is -0.206. The molecule has 2 saturated carbocycles. The minimum atomic E-state index is 0. The second-order valence-electron chi connectivity index (χ2n) is 4.34. The van der Waals surface area contributed by atoms with Gasteiger partial charge in [0, 0.05) is 21.7 Å². The molecule has 2 aliphatic carbocycles. The van der Waals surface area contributed by atoms with Crippen molar-refractivity contribution in [2.45, 2.75) is 27.7 Å². The zero-order valence-electron chi connectivity index (χ0n) is 13.3. The Kier molecular flexibility index (Phi) is 27.1. The Morgan fingerprint density at radius 1 is 0.524 bits per heavy atom. The standard InChI is InChI=1S/2C5H5.2C4H8O.Ti/c2*1-2-4-5-3-1;2*1-4(2)3-5;/h2*1-5H;2*3,5H,1-2H3;. The second-order valence-corrected chi connectivity index (χ2v) is 4.34. The normalized spacial score (nSPS) is 14.7. The van der Waals surface area contributed by atoms with Crippen LogP contribution in [0.2, 0.25) is 0 Å². The van der Waals surface area contributed by atoms with Crippen LogP contribution >= 0.6 is 0 Å². The first kappa shape index (κ1) is 25.7. The molecule has 3 heteroatoms. The number of hydrogen-bond donors (Lipinski definition) is 2. The molecule has 0 amide bonds. The van der Waals surface area contributed by atoms with E-state index in [1.165, 1.54) is 0 Å². The molecule has 114 valence electrons. The van der Waals surface area contributed by atoms with Gasteiger partial charge in [-0.25, -0.2) is 0 Å². The van der Waals surface area contributed by atoms with Crippen LogP contribution in [0.1, 0.15) is 27.7 Å². The summed E-state index contributed by atoms with van der Waals surface area (Å²) in [6.07, 6.45) is 22.2. The summed E-state index contributed by atoms with van der Waals surface area (Å²) in [5.41, 5.74) is 1.87. The molecule has 0 spiro atoms. The van der Waals surface area contributed by atoms with Gasteiger partial charge in [-0.2, -0.15) is 0 Å². The average molecular weight is 322 g/mol. The van der Waals surface area contributed by atoms with Crippen molar-refractivity contribution in [2.75, 3.05) is 0 Å². The molecule has 0 bridgehead atoms. The van der Waals surface area contributed by atoms with Crippen LogP contribution in [0.3, 0.4) is 0 Å². The van der Waals surface area contributed by atoms with Gasteiger partial charge in [0.25, 0.3) is 0 Å². The van der Waals surface area contributed by atoms with Gasteiger partial charge in [0.15, 0.2) is 0 Å². The third-order valence-electron chi connectivity index (χ3n) is 1.63. The molecule has 0 heterocycles. The number of allylic oxidation sites excluding steroid dienone is 2. The van der Waals surface area contributed by atoms with Gasteiger partial charge < -0.3 is 10.2 Å². The van der Waals surface area contributed by atoms with Gasteiger partial charge >= 0.3 is 0 Å². The van der Waals surface area contributed by atoms with Gasteiger partial charge in [0.05, 0.1) is 12.5 Å². The molecule has 2 N–H and O–H groups in total. The van der Waals surface area contributed by atoms with Crippen LogP contribution in [0.25, 0.3) is 0 Å². The molecule has 0 unspecified atom stereocenters. The van der Waals surface area contributed by atoms with Gasteiger partial charge in [0.1, 0.15) is 0 Å². The second kappa shape index (κ2) is 22.1. The van der Waals surface area contributed by atoms with Crippen molar-refractivity contribution in [3.8, 4) is 0 Å².